The normalized spacial score (nSPS) is 20.5. The predicted octanol–water partition coefficient (Wildman–Crippen LogP) is 0.201. The minimum Gasteiger partial charge on any atom is -0.497 e. The fraction of sp³-hybridized carbons (Fsp3) is 0.500. The van der Waals surface area contributed by atoms with E-state index < -0.39 is 27.4 Å². The first-order valence-electron chi connectivity index (χ1n) is 7.32. The maximum atomic E-state index is 12.5. The molecule has 1 aliphatic heterocycles. The van der Waals surface area contributed by atoms with E-state index in [1.54, 1.807) is 13.0 Å². The van der Waals surface area contributed by atoms with Crippen LogP contribution >= 0.6 is 0 Å². The van der Waals surface area contributed by atoms with Gasteiger partial charge < -0.3 is 14.2 Å². The zero-order valence-corrected chi connectivity index (χ0v) is 14.5. The Morgan fingerprint density at radius 2 is 1.83 bits per heavy atom. The lowest BCUT2D eigenvalue weighted by molar-refractivity contribution is -0.145. The smallest absolute Gasteiger partial charge is 0.324 e. The maximum absolute atomic E-state index is 12.5. The standard InChI is InChI=1S/C14H21N3O6S/c1-4-23-14(18)12-8-13(16-15-12)24(19,20)17-9-5-10(21-2)7-11(6-9)22-3/h5-7,12-13,15-17H,4,8H2,1-3H3. The molecule has 0 aliphatic carbocycles. The maximum Gasteiger partial charge on any atom is 0.324 e. The minimum absolute atomic E-state index is 0.0509. The van der Waals surface area contributed by atoms with E-state index in [2.05, 4.69) is 15.6 Å². The number of rotatable bonds is 7. The molecule has 0 radical (unpaired) electrons. The van der Waals surface area contributed by atoms with Crippen LogP contribution in [0.15, 0.2) is 18.2 Å². The molecule has 1 aromatic carbocycles. The van der Waals surface area contributed by atoms with Gasteiger partial charge in [0.25, 0.3) is 0 Å². The number of anilines is 1. The van der Waals surface area contributed by atoms with E-state index in [1.807, 2.05) is 0 Å². The number of hydrogen-bond acceptors (Lipinski definition) is 8. The fourth-order valence-corrected chi connectivity index (χ4v) is 3.49. The van der Waals surface area contributed by atoms with E-state index in [-0.39, 0.29) is 13.0 Å². The number of sulfonamides is 1. The molecule has 2 unspecified atom stereocenters. The second-order valence-electron chi connectivity index (χ2n) is 5.07. The molecule has 0 spiro atoms. The number of esters is 1. The highest BCUT2D eigenvalue weighted by atomic mass is 32.2. The van der Waals surface area contributed by atoms with Gasteiger partial charge in [0.05, 0.1) is 26.5 Å². The van der Waals surface area contributed by atoms with Gasteiger partial charge in [-0.1, -0.05) is 0 Å². The number of hydrogen-bond donors (Lipinski definition) is 3. The molecule has 0 saturated carbocycles. The molecule has 1 saturated heterocycles. The van der Waals surface area contributed by atoms with Crippen molar-refractivity contribution >= 4 is 21.7 Å². The monoisotopic (exact) mass is 359 g/mol. The van der Waals surface area contributed by atoms with Crippen molar-refractivity contribution in [3.63, 3.8) is 0 Å². The van der Waals surface area contributed by atoms with Crippen molar-refractivity contribution in [2.24, 2.45) is 0 Å². The van der Waals surface area contributed by atoms with Gasteiger partial charge in [0.15, 0.2) is 0 Å². The molecular weight excluding hydrogens is 338 g/mol. The first-order chi connectivity index (χ1) is 11.4. The van der Waals surface area contributed by atoms with Gasteiger partial charge >= 0.3 is 5.97 Å². The molecule has 10 heteroatoms. The largest absolute Gasteiger partial charge is 0.497 e. The summed E-state index contributed by atoms with van der Waals surface area (Å²) in [4.78, 5) is 11.7. The van der Waals surface area contributed by atoms with Gasteiger partial charge in [-0.2, -0.15) is 0 Å². The molecule has 24 heavy (non-hydrogen) atoms. The van der Waals surface area contributed by atoms with Crippen LogP contribution < -0.4 is 25.0 Å². The van der Waals surface area contributed by atoms with Crippen molar-refractivity contribution in [1.29, 1.82) is 0 Å². The highest BCUT2D eigenvalue weighted by molar-refractivity contribution is 7.93. The molecule has 0 aromatic heterocycles. The highest BCUT2D eigenvalue weighted by Gasteiger charge is 2.38. The van der Waals surface area contributed by atoms with Crippen LogP contribution in [0.2, 0.25) is 0 Å². The Bertz CT molecular complexity index is 672. The second kappa shape index (κ2) is 7.69. The molecule has 134 valence electrons. The number of methoxy groups -OCH3 is 2. The Kier molecular flexibility index (Phi) is 5.86. The molecule has 0 amide bonds. The van der Waals surface area contributed by atoms with Crippen LogP contribution in [0.5, 0.6) is 11.5 Å². The summed E-state index contributed by atoms with van der Waals surface area (Å²) >= 11 is 0. The van der Waals surface area contributed by atoms with Gasteiger partial charge in [0.2, 0.25) is 10.0 Å². The number of nitrogens with one attached hydrogen (secondary N) is 3. The molecule has 0 bridgehead atoms. The molecule has 2 atom stereocenters. The lowest BCUT2D eigenvalue weighted by Gasteiger charge is -2.15. The minimum atomic E-state index is -3.79. The average Bonchev–Trinajstić information content (AvgIpc) is 3.05. The topological polar surface area (TPSA) is 115 Å². The van der Waals surface area contributed by atoms with Crippen molar-refractivity contribution in [3.05, 3.63) is 18.2 Å². The van der Waals surface area contributed by atoms with Crippen LogP contribution in [0.25, 0.3) is 0 Å². The van der Waals surface area contributed by atoms with Gasteiger partial charge in [-0.05, 0) is 6.92 Å². The molecule has 1 heterocycles. The van der Waals surface area contributed by atoms with E-state index in [1.165, 1.54) is 26.4 Å². The van der Waals surface area contributed by atoms with E-state index >= 15 is 0 Å². The van der Waals surface area contributed by atoms with Crippen LogP contribution in [-0.2, 0) is 19.6 Å². The molecule has 1 aliphatic rings. The van der Waals surface area contributed by atoms with Crippen molar-refractivity contribution in [2.75, 3.05) is 25.5 Å². The third kappa shape index (κ3) is 4.28. The zero-order valence-electron chi connectivity index (χ0n) is 13.7. The Balaban J connectivity index is 2.10. The summed E-state index contributed by atoms with van der Waals surface area (Å²) in [5, 5.41) is -0.982. The van der Waals surface area contributed by atoms with E-state index in [9.17, 15) is 13.2 Å². The molecule has 1 fully saturated rings. The zero-order chi connectivity index (χ0) is 17.7. The Morgan fingerprint density at radius 3 is 2.38 bits per heavy atom. The first-order valence-corrected chi connectivity index (χ1v) is 8.86. The van der Waals surface area contributed by atoms with Crippen LogP contribution in [0.3, 0.4) is 0 Å². The van der Waals surface area contributed by atoms with Crippen LogP contribution in [0.4, 0.5) is 5.69 Å². The summed E-state index contributed by atoms with van der Waals surface area (Å²) in [6, 6.07) is 3.98. The third-order valence-corrected chi connectivity index (χ3v) is 5.01. The number of benzene rings is 1. The Labute approximate surface area is 140 Å². The second-order valence-corrected chi connectivity index (χ2v) is 6.93. The van der Waals surface area contributed by atoms with Crippen molar-refractivity contribution in [3.8, 4) is 11.5 Å². The summed E-state index contributed by atoms with van der Waals surface area (Å²) in [5.41, 5.74) is 5.53. The molecular formula is C14H21N3O6S. The highest BCUT2D eigenvalue weighted by Crippen LogP contribution is 2.27. The average molecular weight is 359 g/mol. The molecule has 2 rings (SSSR count). The van der Waals surface area contributed by atoms with Gasteiger partial charge in [-0.3, -0.25) is 9.52 Å². The first kappa shape index (κ1) is 18.3. The van der Waals surface area contributed by atoms with E-state index in [0.29, 0.717) is 17.2 Å². The lowest BCUT2D eigenvalue weighted by atomic mass is 10.2. The summed E-state index contributed by atoms with van der Waals surface area (Å²) in [6.45, 7) is 1.92. The quantitative estimate of drug-likeness (QED) is 0.592. The van der Waals surface area contributed by atoms with Crippen molar-refractivity contribution < 1.29 is 27.4 Å². The van der Waals surface area contributed by atoms with E-state index in [4.69, 9.17) is 14.2 Å². The fourth-order valence-electron chi connectivity index (χ4n) is 2.23. The Hall–Kier alpha value is -2.04. The van der Waals surface area contributed by atoms with Crippen LogP contribution in [0.1, 0.15) is 13.3 Å². The molecule has 3 N–H and O–H groups in total. The number of hydrazine groups is 1. The van der Waals surface area contributed by atoms with E-state index in [0.717, 1.165) is 0 Å². The summed E-state index contributed by atoms with van der Waals surface area (Å²) in [6.07, 6.45) is 0.0509. The van der Waals surface area contributed by atoms with Gasteiger partial charge in [0.1, 0.15) is 22.9 Å². The van der Waals surface area contributed by atoms with Gasteiger partial charge in [-0.25, -0.2) is 19.3 Å². The SMILES string of the molecule is CCOC(=O)C1CC(S(=O)(=O)Nc2cc(OC)cc(OC)c2)NN1. The van der Waals surface area contributed by atoms with Crippen molar-refractivity contribution in [2.45, 2.75) is 24.8 Å². The number of carbonyl (C=O) groups is 1. The summed E-state index contributed by atoms with van der Waals surface area (Å²) in [5.74, 6) is 0.411. The third-order valence-electron chi connectivity index (χ3n) is 3.43. The van der Waals surface area contributed by atoms with Gasteiger partial charge in [0, 0.05) is 24.6 Å². The lowest BCUT2D eigenvalue weighted by Crippen LogP contribution is -2.41. The predicted molar refractivity (Wildman–Crippen MR) is 87.2 cm³/mol. The van der Waals surface area contributed by atoms with Crippen LogP contribution in [-0.4, -0.2) is 46.6 Å². The summed E-state index contributed by atoms with van der Waals surface area (Å²) in [7, 11) is -0.844. The molecule has 1 aromatic rings. The molecule has 9 nitrogen and oxygen atoms in total. The van der Waals surface area contributed by atoms with Crippen LogP contribution in [0, 0.1) is 0 Å². The number of carbonyl (C=O) groups excluding carboxylic acids is 1. The van der Waals surface area contributed by atoms with Gasteiger partial charge in [-0.15, -0.1) is 0 Å². The summed E-state index contributed by atoms with van der Waals surface area (Å²) < 4.78 is 42.5. The van der Waals surface area contributed by atoms with Crippen molar-refractivity contribution in [1.82, 2.24) is 10.9 Å². The number of ether oxygens (including phenoxy) is 3. The Morgan fingerprint density at radius 1 is 1.21 bits per heavy atom.